The summed E-state index contributed by atoms with van der Waals surface area (Å²) in [6.45, 7) is 3.83. The number of ether oxygens (including phenoxy) is 3. The highest BCUT2D eigenvalue weighted by molar-refractivity contribution is 5.66. The molecule has 0 aliphatic heterocycles. The van der Waals surface area contributed by atoms with Crippen LogP contribution in [0.5, 0.6) is 11.5 Å². The molecule has 2 aromatic carbocycles. The van der Waals surface area contributed by atoms with E-state index in [1.807, 2.05) is 30.3 Å². The van der Waals surface area contributed by atoms with E-state index in [-0.39, 0.29) is 6.61 Å². The molecular weight excluding hydrogens is 268 g/mol. The zero-order valence-corrected chi connectivity index (χ0v) is 11.7. The zero-order chi connectivity index (χ0) is 15.1. The molecule has 0 amide bonds. The molecule has 0 bridgehead atoms. The average Bonchev–Trinajstić information content (AvgIpc) is 2.54. The van der Waals surface area contributed by atoms with Crippen LogP contribution in [-0.2, 0) is 11.3 Å². The molecule has 0 N–H and O–H groups in total. The lowest BCUT2D eigenvalue weighted by Crippen LogP contribution is -2.11. The third-order valence-corrected chi connectivity index (χ3v) is 2.82. The minimum absolute atomic E-state index is 0.159. The maximum Gasteiger partial charge on any atom is 0.514 e. The van der Waals surface area contributed by atoms with E-state index in [1.165, 1.54) is 7.11 Å². The lowest BCUT2D eigenvalue weighted by Gasteiger charge is -2.10. The lowest BCUT2D eigenvalue weighted by molar-refractivity contribution is 0.0917. The quantitative estimate of drug-likeness (QED) is 0.613. The summed E-state index contributed by atoms with van der Waals surface area (Å²) in [6.07, 6.45) is 0.906. The van der Waals surface area contributed by atoms with Crippen LogP contribution in [0, 0.1) is 0 Å². The summed E-state index contributed by atoms with van der Waals surface area (Å²) in [4.78, 5) is 11.7. The first kappa shape index (κ1) is 14.7. The number of benzene rings is 2. The van der Waals surface area contributed by atoms with Crippen LogP contribution in [0.15, 0.2) is 55.1 Å². The Morgan fingerprint density at radius 2 is 1.90 bits per heavy atom. The van der Waals surface area contributed by atoms with Crippen LogP contribution in [0.3, 0.4) is 0 Å². The van der Waals surface area contributed by atoms with Crippen molar-refractivity contribution in [1.82, 2.24) is 0 Å². The third-order valence-electron chi connectivity index (χ3n) is 2.82. The van der Waals surface area contributed by atoms with Crippen molar-refractivity contribution in [2.24, 2.45) is 0 Å². The number of carbonyl (C=O) groups is 1. The van der Waals surface area contributed by atoms with Gasteiger partial charge >= 0.3 is 6.16 Å². The summed E-state index contributed by atoms with van der Waals surface area (Å²) in [5.74, 6) is 0.755. The molecule has 21 heavy (non-hydrogen) atoms. The highest BCUT2D eigenvalue weighted by atomic mass is 16.7. The molecule has 0 heterocycles. The van der Waals surface area contributed by atoms with Gasteiger partial charge in [-0.25, -0.2) is 4.79 Å². The zero-order valence-electron chi connectivity index (χ0n) is 11.7. The van der Waals surface area contributed by atoms with Crippen LogP contribution in [0.2, 0.25) is 0 Å². The number of methoxy groups -OCH3 is 1. The highest BCUT2D eigenvalue weighted by Gasteiger charge is 2.11. The van der Waals surface area contributed by atoms with Crippen LogP contribution in [0.25, 0.3) is 6.08 Å². The highest BCUT2D eigenvalue weighted by Crippen LogP contribution is 2.28. The van der Waals surface area contributed by atoms with E-state index >= 15 is 0 Å². The van der Waals surface area contributed by atoms with Gasteiger partial charge in [-0.1, -0.05) is 49.1 Å². The van der Waals surface area contributed by atoms with Gasteiger partial charge in [0.25, 0.3) is 0 Å². The van der Waals surface area contributed by atoms with Gasteiger partial charge in [-0.05, 0) is 23.3 Å². The lowest BCUT2D eigenvalue weighted by atomic mass is 10.2. The van der Waals surface area contributed by atoms with E-state index in [2.05, 4.69) is 6.58 Å². The molecule has 0 atom stereocenters. The second-order valence-electron chi connectivity index (χ2n) is 4.24. The maximum absolute atomic E-state index is 11.7. The predicted molar refractivity (Wildman–Crippen MR) is 80.3 cm³/mol. The number of rotatable bonds is 5. The summed E-state index contributed by atoms with van der Waals surface area (Å²) in [5, 5.41) is 0. The Kier molecular flexibility index (Phi) is 4.99. The first-order valence-electron chi connectivity index (χ1n) is 6.42. The maximum atomic E-state index is 11.7. The van der Waals surface area contributed by atoms with E-state index in [4.69, 9.17) is 14.2 Å². The molecule has 108 valence electrons. The van der Waals surface area contributed by atoms with Crippen LogP contribution in [0.1, 0.15) is 11.1 Å². The molecule has 0 saturated heterocycles. The van der Waals surface area contributed by atoms with Gasteiger partial charge in [0, 0.05) is 0 Å². The Bertz CT molecular complexity index is 620. The summed E-state index contributed by atoms with van der Waals surface area (Å²) in [6, 6.07) is 14.5. The van der Waals surface area contributed by atoms with Gasteiger partial charge in [-0.15, -0.1) is 0 Å². The SMILES string of the molecule is C=Cc1ccc(OC(=O)OCc2ccccc2)c(OC)c1. The van der Waals surface area contributed by atoms with Crippen molar-refractivity contribution in [2.75, 3.05) is 7.11 Å². The van der Waals surface area contributed by atoms with Crippen molar-refractivity contribution in [2.45, 2.75) is 6.61 Å². The molecule has 0 aromatic heterocycles. The second-order valence-corrected chi connectivity index (χ2v) is 4.24. The van der Waals surface area contributed by atoms with Gasteiger partial charge in [0.15, 0.2) is 11.5 Å². The normalized spacial score (nSPS) is 9.76. The standard InChI is InChI=1S/C17H16O4/c1-3-13-9-10-15(16(11-13)19-2)21-17(18)20-12-14-7-5-4-6-8-14/h3-11H,1,12H2,2H3. The van der Waals surface area contributed by atoms with Crippen LogP contribution < -0.4 is 9.47 Å². The summed E-state index contributed by atoms with van der Waals surface area (Å²) >= 11 is 0. The van der Waals surface area contributed by atoms with Crippen LogP contribution in [-0.4, -0.2) is 13.3 Å². The summed E-state index contributed by atoms with van der Waals surface area (Å²) in [7, 11) is 1.50. The molecule has 2 aromatic rings. The fourth-order valence-electron chi connectivity index (χ4n) is 1.73. The van der Waals surface area contributed by atoms with E-state index in [0.29, 0.717) is 11.5 Å². The summed E-state index contributed by atoms with van der Waals surface area (Å²) < 4.78 is 15.4. The topological polar surface area (TPSA) is 44.8 Å². The second kappa shape index (κ2) is 7.14. The first-order valence-corrected chi connectivity index (χ1v) is 6.42. The predicted octanol–water partition coefficient (Wildman–Crippen LogP) is 4.05. The van der Waals surface area contributed by atoms with Gasteiger partial charge in [0.1, 0.15) is 6.61 Å². The van der Waals surface area contributed by atoms with Crippen LogP contribution >= 0.6 is 0 Å². The van der Waals surface area contributed by atoms with Crippen molar-refractivity contribution in [3.8, 4) is 11.5 Å². The minimum Gasteiger partial charge on any atom is -0.493 e. The van der Waals surface area contributed by atoms with Gasteiger partial charge < -0.3 is 14.2 Å². The molecule has 0 spiro atoms. The van der Waals surface area contributed by atoms with Crippen molar-refractivity contribution < 1.29 is 19.0 Å². The van der Waals surface area contributed by atoms with Crippen molar-refractivity contribution in [1.29, 1.82) is 0 Å². The number of carbonyl (C=O) groups excluding carboxylic acids is 1. The molecule has 0 aliphatic carbocycles. The fraction of sp³-hybridized carbons (Fsp3) is 0.118. The molecule has 2 rings (SSSR count). The van der Waals surface area contributed by atoms with Crippen molar-refractivity contribution >= 4 is 12.2 Å². The molecular formula is C17H16O4. The molecule has 0 radical (unpaired) electrons. The summed E-state index contributed by atoms with van der Waals surface area (Å²) in [5.41, 5.74) is 1.76. The van der Waals surface area contributed by atoms with Gasteiger partial charge in [0.2, 0.25) is 0 Å². The van der Waals surface area contributed by atoms with Gasteiger partial charge in [-0.3, -0.25) is 0 Å². The molecule has 4 heteroatoms. The molecule has 0 saturated carbocycles. The van der Waals surface area contributed by atoms with E-state index in [0.717, 1.165) is 11.1 Å². The fourth-order valence-corrected chi connectivity index (χ4v) is 1.73. The molecule has 0 aliphatic rings. The Hall–Kier alpha value is -2.75. The number of hydrogen-bond donors (Lipinski definition) is 0. The van der Waals surface area contributed by atoms with E-state index in [1.54, 1.807) is 24.3 Å². The minimum atomic E-state index is -0.775. The third kappa shape index (κ3) is 4.11. The van der Waals surface area contributed by atoms with Crippen molar-refractivity contribution in [3.63, 3.8) is 0 Å². The van der Waals surface area contributed by atoms with E-state index < -0.39 is 6.16 Å². The van der Waals surface area contributed by atoms with Crippen molar-refractivity contribution in [3.05, 3.63) is 66.2 Å². The average molecular weight is 284 g/mol. The van der Waals surface area contributed by atoms with Gasteiger partial charge in [0.05, 0.1) is 7.11 Å². The van der Waals surface area contributed by atoms with Crippen LogP contribution in [0.4, 0.5) is 4.79 Å². The van der Waals surface area contributed by atoms with Gasteiger partial charge in [-0.2, -0.15) is 0 Å². The largest absolute Gasteiger partial charge is 0.514 e. The smallest absolute Gasteiger partial charge is 0.493 e. The monoisotopic (exact) mass is 284 g/mol. The Morgan fingerprint density at radius 3 is 2.57 bits per heavy atom. The Morgan fingerprint density at radius 1 is 1.14 bits per heavy atom. The molecule has 4 nitrogen and oxygen atoms in total. The Labute approximate surface area is 123 Å². The van der Waals surface area contributed by atoms with E-state index in [9.17, 15) is 4.79 Å². The molecule has 0 fully saturated rings. The Balaban J connectivity index is 1.97. The number of hydrogen-bond acceptors (Lipinski definition) is 4. The molecule has 0 unspecified atom stereocenters. The first-order chi connectivity index (χ1) is 10.2.